The zero-order valence-electron chi connectivity index (χ0n) is 12.6. The van der Waals surface area contributed by atoms with Gasteiger partial charge in [-0.3, -0.25) is 0 Å². The van der Waals surface area contributed by atoms with Crippen LogP contribution in [0, 0.1) is 0 Å². The van der Waals surface area contributed by atoms with E-state index in [-0.39, 0.29) is 12.6 Å². The van der Waals surface area contributed by atoms with Crippen molar-refractivity contribution in [2.75, 3.05) is 32.1 Å². The van der Waals surface area contributed by atoms with Crippen LogP contribution in [0.2, 0.25) is 0 Å². The number of rotatable bonds is 7. The molecule has 1 aromatic rings. The number of hydrogen-bond donors (Lipinski definition) is 1. The minimum atomic E-state index is -3.48. The predicted octanol–water partition coefficient (Wildman–Crippen LogP) is 1.53. The molecule has 0 heterocycles. The summed E-state index contributed by atoms with van der Waals surface area (Å²) < 4.78 is 26.0. The number of aliphatic hydroxyl groups is 1. The zero-order chi connectivity index (χ0) is 15.3. The molecule has 1 rings (SSSR count). The number of nitrogens with zero attached hydrogens (tertiary/aromatic N) is 2. The zero-order valence-corrected chi connectivity index (χ0v) is 13.4. The van der Waals surface area contributed by atoms with E-state index < -0.39 is 10.0 Å². The Kier molecular flexibility index (Phi) is 5.98. The molecular formula is C14H24N2O3S. The molecule has 0 amide bonds. The topological polar surface area (TPSA) is 60.9 Å². The molecule has 0 atom stereocenters. The molecule has 1 N–H and O–H groups in total. The highest BCUT2D eigenvalue weighted by molar-refractivity contribution is 7.89. The van der Waals surface area contributed by atoms with Crippen LogP contribution in [0.5, 0.6) is 0 Å². The molecule has 0 saturated heterocycles. The lowest BCUT2D eigenvalue weighted by atomic mass is 10.2. The van der Waals surface area contributed by atoms with E-state index in [1.54, 1.807) is 12.1 Å². The van der Waals surface area contributed by atoms with E-state index in [0.29, 0.717) is 23.5 Å². The summed E-state index contributed by atoms with van der Waals surface area (Å²) in [5.41, 5.74) is 0.685. The Morgan fingerprint density at radius 3 is 2.30 bits per heavy atom. The smallest absolute Gasteiger partial charge is 0.244 e. The van der Waals surface area contributed by atoms with Crippen molar-refractivity contribution in [1.29, 1.82) is 0 Å². The van der Waals surface area contributed by atoms with Gasteiger partial charge in [-0.2, -0.15) is 0 Å². The normalized spacial score (nSPS) is 12.2. The fourth-order valence-electron chi connectivity index (χ4n) is 2.01. The van der Waals surface area contributed by atoms with Gasteiger partial charge in [-0.25, -0.2) is 12.7 Å². The quantitative estimate of drug-likeness (QED) is 0.829. The Balaban J connectivity index is 3.30. The molecule has 0 fully saturated rings. The monoisotopic (exact) mass is 300 g/mol. The first kappa shape index (κ1) is 16.9. The van der Waals surface area contributed by atoms with Crippen LogP contribution in [0.4, 0.5) is 5.69 Å². The molecule has 0 spiro atoms. The van der Waals surface area contributed by atoms with Crippen molar-refractivity contribution in [3.05, 3.63) is 24.3 Å². The van der Waals surface area contributed by atoms with Crippen LogP contribution >= 0.6 is 0 Å². The predicted molar refractivity (Wildman–Crippen MR) is 81.5 cm³/mol. The Hall–Kier alpha value is -1.11. The van der Waals surface area contributed by atoms with Crippen molar-refractivity contribution in [2.24, 2.45) is 0 Å². The fraction of sp³-hybridized carbons (Fsp3) is 0.571. The molecule has 6 heteroatoms. The van der Waals surface area contributed by atoms with E-state index in [4.69, 9.17) is 5.11 Å². The summed E-state index contributed by atoms with van der Waals surface area (Å²) >= 11 is 0. The average Bonchev–Trinajstić information content (AvgIpc) is 2.39. The van der Waals surface area contributed by atoms with E-state index in [0.717, 1.165) is 0 Å². The number of para-hydroxylation sites is 1. The van der Waals surface area contributed by atoms with Crippen LogP contribution < -0.4 is 4.90 Å². The summed E-state index contributed by atoms with van der Waals surface area (Å²) in [6.07, 6.45) is 0.606. The van der Waals surface area contributed by atoms with Crippen LogP contribution in [0.1, 0.15) is 20.3 Å². The van der Waals surface area contributed by atoms with Gasteiger partial charge in [0.15, 0.2) is 0 Å². The van der Waals surface area contributed by atoms with E-state index in [1.165, 1.54) is 18.4 Å². The minimum Gasteiger partial charge on any atom is -0.396 e. The molecule has 114 valence electrons. The second kappa shape index (κ2) is 7.06. The molecule has 0 aliphatic rings. The Morgan fingerprint density at radius 2 is 1.80 bits per heavy atom. The Morgan fingerprint density at radius 1 is 1.20 bits per heavy atom. The molecule has 0 radical (unpaired) electrons. The molecule has 5 nitrogen and oxygen atoms in total. The number of anilines is 1. The van der Waals surface area contributed by atoms with Gasteiger partial charge >= 0.3 is 0 Å². The maximum Gasteiger partial charge on any atom is 0.244 e. The highest BCUT2D eigenvalue weighted by atomic mass is 32.2. The SMILES string of the molecule is CC(C)N(CCCO)c1ccccc1S(=O)(=O)N(C)C. The summed E-state index contributed by atoms with van der Waals surface area (Å²) in [6.45, 7) is 4.73. The first-order valence-electron chi connectivity index (χ1n) is 6.71. The van der Waals surface area contributed by atoms with E-state index in [2.05, 4.69) is 0 Å². The lowest BCUT2D eigenvalue weighted by Gasteiger charge is -2.31. The molecule has 0 aliphatic carbocycles. The van der Waals surface area contributed by atoms with Crippen molar-refractivity contribution >= 4 is 15.7 Å². The first-order valence-corrected chi connectivity index (χ1v) is 8.15. The lowest BCUT2D eigenvalue weighted by molar-refractivity contribution is 0.288. The van der Waals surface area contributed by atoms with Gasteiger partial charge in [-0.1, -0.05) is 12.1 Å². The number of hydrogen-bond acceptors (Lipinski definition) is 4. The van der Waals surface area contributed by atoms with Gasteiger partial charge in [-0.15, -0.1) is 0 Å². The van der Waals surface area contributed by atoms with E-state index in [9.17, 15) is 8.42 Å². The van der Waals surface area contributed by atoms with Gasteiger partial charge in [0.2, 0.25) is 10.0 Å². The Bertz CT molecular complexity index is 527. The van der Waals surface area contributed by atoms with Gasteiger partial charge in [0, 0.05) is 33.3 Å². The maximum atomic E-state index is 12.4. The highest BCUT2D eigenvalue weighted by Crippen LogP contribution is 2.28. The minimum absolute atomic E-state index is 0.0891. The van der Waals surface area contributed by atoms with E-state index >= 15 is 0 Å². The lowest BCUT2D eigenvalue weighted by Crippen LogP contribution is -2.34. The molecule has 1 aromatic carbocycles. The summed E-state index contributed by atoms with van der Waals surface area (Å²) in [5.74, 6) is 0. The van der Waals surface area contributed by atoms with Crippen molar-refractivity contribution in [3.63, 3.8) is 0 Å². The van der Waals surface area contributed by atoms with Crippen LogP contribution in [0.3, 0.4) is 0 Å². The molecule has 0 saturated carbocycles. The molecule has 20 heavy (non-hydrogen) atoms. The highest BCUT2D eigenvalue weighted by Gasteiger charge is 2.24. The second-order valence-electron chi connectivity index (χ2n) is 5.12. The third-order valence-electron chi connectivity index (χ3n) is 3.11. The van der Waals surface area contributed by atoms with Crippen molar-refractivity contribution in [2.45, 2.75) is 31.2 Å². The van der Waals surface area contributed by atoms with Crippen molar-refractivity contribution < 1.29 is 13.5 Å². The standard InChI is InChI=1S/C14H24N2O3S/c1-12(2)16(10-7-11-17)13-8-5-6-9-14(13)20(18,19)15(3)4/h5-6,8-9,12,17H,7,10-11H2,1-4H3. The van der Waals surface area contributed by atoms with E-state index in [1.807, 2.05) is 30.9 Å². The second-order valence-corrected chi connectivity index (χ2v) is 7.24. The molecule has 0 aliphatic heterocycles. The summed E-state index contributed by atoms with van der Waals surface area (Å²) in [7, 11) is -0.427. The Labute approximate surface area is 121 Å². The maximum absolute atomic E-state index is 12.4. The van der Waals surface area contributed by atoms with Crippen LogP contribution in [0.15, 0.2) is 29.2 Å². The molecule has 0 unspecified atom stereocenters. The van der Waals surface area contributed by atoms with Gasteiger partial charge in [0.25, 0.3) is 0 Å². The largest absolute Gasteiger partial charge is 0.396 e. The van der Waals surface area contributed by atoms with Crippen molar-refractivity contribution in [3.8, 4) is 0 Å². The average molecular weight is 300 g/mol. The van der Waals surface area contributed by atoms with Crippen molar-refractivity contribution in [1.82, 2.24) is 4.31 Å². The summed E-state index contributed by atoms with van der Waals surface area (Å²) in [5, 5.41) is 9.01. The van der Waals surface area contributed by atoms with Crippen LogP contribution in [0.25, 0.3) is 0 Å². The third kappa shape index (κ3) is 3.71. The van der Waals surface area contributed by atoms with Gasteiger partial charge in [0.05, 0.1) is 5.69 Å². The van der Waals surface area contributed by atoms with Gasteiger partial charge in [0.1, 0.15) is 4.90 Å². The molecular weight excluding hydrogens is 276 g/mol. The third-order valence-corrected chi connectivity index (χ3v) is 4.98. The summed E-state index contributed by atoms with van der Waals surface area (Å²) in [4.78, 5) is 2.31. The van der Waals surface area contributed by atoms with Crippen LogP contribution in [-0.2, 0) is 10.0 Å². The number of aliphatic hydroxyl groups excluding tert-OH is 1. The van der Waals surface area contributed by atoms with Gasteiger partial charge < -0.3 is 10.0 Å². The molecule has 0 bridgehead atoms. The van der Waals surface area contributed by atoms with Gasteiger partial charge in [-0.05, 0) is 32.4 Å². The number of benzene rings is 1. The summed E-state index contributed by atoms with van der Waals surface area (Å²) in [6, 6.07) is 7.15. The fourth-order valence-corrected chi connectivity index (χ4v) is 3.10. The molecule has 0 aromatic heterocycles. The number of sulfonamides is 1. The first-order chi connectivity index (χ1) is 9.32. The van der Waals surface area contributed by atoms with Crippen LogP contribution in [-0.4, -0.2) is 51.1 Å².